The maximum Gasteiger partial charge on any atom is 0.321 e. The van der Waals surface area contributed by atoms with E-state index < -0.39 is 0 Å². The quantitative estimate of drug-likeness (QED) is 0.149. The summed E-state index contributed by atoms with van der Waals surface area (Å²) in [5.41, 5.74) is 3.22. The molecule has 6 heteroatoms. The summed E-state index contributed by atoms with van der Waals surface area (Å²) >= 11 is 1.60. The van der Waals surface area contributed by atoms with Gasteiger partial charge in [-0.05, 0) is 72.9 Å². The molecular formula is C33H34N2O3S. The van der Waals surface area contributed by atoms with Crippen LogP contribution in [0.5, 0.6) is 5.75 Å². The number of nitrogens with zero attached hydrogens (tertiary/aromatic N) is 1. The lowest BCUT2D eigenvalue weighted by Gasteiger charge is -2.24. The van der Waals surface area contributed by atoms with Crippen molar-refractivity contribution in [2.45, 2.75) is 42.4 Å². The fraction of sp³-hybridized carbons (Fsp3) is 0.212. The summed E-state index contributed by atoms with van der Waals surface area (Å²) in [7, 11) is 0. The molecule has 0 atom stereocenters. The van der Waals surface area contributed by atoms with Crippen LogP contribution in [0.1, 0.15) is 30.9 Å². The maximum atomic E-state index is 13.4. The van der Waals surface area contributed by atoms with E-state index in [0.29, 0.717) is 25.3 Å². The summed E-state index contributed by atoms with van der Waals surface area (Å²) in [6.07, 6.45) is 2.70. The predicted octanol–water partition coefficient (Wildman–Crippen LogP) is 7.54. The molecule has 1 N–H and O–H groups in total. The molecule has 200 valence electrons. The summed E-state index contributed by atoms with van der Waals surface area (Å²) in [5.74, 6) is 0.328. The van der Waals surface area contributed by atoms with Gasteiger partial charge in [0.2, 0.25) is 0 Å². The number of hydrogen-bond donors (Lipinski definition) is 1. The summed E-state index contributed by atoms with van der Waals surface area (Å²) in [6, 6.07) is 35.8. The fourth-order valence-electron chi connectivity index (χ4n) is 4.10. The van der Waals surface area contributed by atoms with Crippen molar-refractivity contribution in [1.82, 2.24) is 5.32 Å². The number of urea groups is 1. The summed E-state index contributed by atoms with van der Waals surface area (Å²) in [6.45, 7) is 3.08. The van der Waals surface area contributed by atoms with Crippen molar-refractivity contribution in [3.63, 3.8) is 0 Å². The molecule has 4 rings (SSSR count). The SMILES string of the molecule is CCCC(=O)Oc1ccc(Sc2cccc(N(CCc3ccccc3)C(=O)NCCc3ccccc3)c2)cc1. The highest BCUT2D eigenvalue weighted by Gasteiger charge is 2.16. The third-order valence-corrected chi connectivity index (χ3v) is 7.12. The zero-order valence-corrected chi connectivity index (χ0v) is 23.0. The smallest absolute Gasteiger partial charge is 0.321 e. The van der Waals surface area contributed by atoms with Gasteiger partial charge in [-0.2, -0.15) is 0 Å². The van der Waals surface area contributed by atoms with Gasteiger partial charge >= 0.3 is 12.0 Å². The average molecular weight is 539 g/mol. The van der Waals surface area contributed by atoms with Crippen molar-refractivity contribution in [3.8, 4) is 5.75 Å². The molecular weight excluding hydrogens is 504 g/mol. The Morgan fingerprint density at radius 3 is 2.10 bits per heavy atom. The molecule has 0 aliphatic carbocycles. The lowest BCUT2D eigenvalue weighted by molar-refractivity contribution is -0.134. The number of amides is 2. The number of anilines is 1. The van der Waals surface area contributed by atoms with Crippen molar-refractivity contribution >= 4 is 29.4 Å². The summed E-state index contributed by atoms with van der Waals surface area (Å²) in [4.78, 5) is 29.0. The van der Waals surface area contributed by atoms with E-state index in [9.17, 15) is 9.59 Å². The van der Waals surface area contributed by atoms with Crippen molar-refractivity contribution in [3.05, 3.63) is 120 Å². The standard InChI is InChI=1S/C33H34N2O3S/c1-2-10-32(36)38-29-17-19-30(20-18-29)39-31-16-9-15-28(25-31)35(24-22-27-13-7-4-8-14-27)33(37)34-23-21-26-11-5-3-6-12-26/h3-9,11-20,25H,2,10,21-24H2,1H3,(H,34,37). The number of ether oxygens (including phenoxy) is 1. The minimum Gasteiger partial charge on any atom is -0.427 e. The van der Waals surface area contributed by atoms with E-state index >= 15 is 0 Å². The molecule has 0 saturated carbocycles. The Labute approximate surface area is 235 Å². The molecule has 39 heavy (non-hydrogen) atoms. The van der Waals surface area contributed by atoms with Crippen molar-refractivity contribution in [1.29, 1.82) is 0 Å². The van der Waals surface area contributed by atoms with Crippen LogP contribution in [0.3, 0.4) is 0 Å². The van der Waals surface area contributed by atoms with E-state index in [1.165, 1.54) is 11.1 Å². The van der Waals surface area contributed by atoms with Crippen molar-refractivity contribution in [2.75, 3.05) is 18.0 Å². The highest BCUT2D eigenvalue weighted by molar-refractivity contribution is 7.99. The fourth-order valence-corrected chi connectivity index (χ4v) is 4.97. The van der Waals surface area contributed by atoms with Gasteiger partial charge < -0.3 is 10.1 Å². The van der Waals surface area contributed by atoms with Crippen LogP contribution in [0.15, 0.2) is 119 Å². The molecule has 0 radical (unpaired) electrons. The van der Waals surface area contributed by atoms with Gasteiger partial charge in [-0.15, -0.1) is 0 Å². The molecule has 0 bridgehead atoms. The van der Waals surface area contributed by atoms with Gasteiger partial charge in [0.1, 0.15) is 5.75 Å². The van der Waals surface area contributed by atoms with Gasteiger partial charge in [-0.1, -0.05) is 85.4 Å². The average Bonchev–Trinajstić information content (AvgIpc) is 2.96. The van der Waals surface area contributed by atoms with Crippen LogP contribution in [0.2, 0.25) is 0 Å². The van der Waals surface area contributed by atoms with E-state index in [4.69, 9.17) is 4.74 Å². The lowest BCUT2D eigenvalue weighted by Crippen LogP contribution is -2.42. The minimum absolute atomic E-state index is 0.109. The Morgan fingerprint density at radius 2 is 1.44 bits per heavy atom. The Kier molecular flexibility index (Phi) is 10.6. The first-order valence-corrected chi connectivity index (χ1v) is 14.1. The lowest BCUT2D eigenvalue weighted by atomic mass is 10.1. The van der Waals surface area contributed by atoms with Crippen molar-refractivity contribution in [2.24, 2.45) is 0 Å². The maximum absolute atomic E-state index is 13.4. The van der Waals surface area contributed by atoms with Crippen LogP contribution < -0.4 is 15.0 Å². The third kappa shape index (κ3) is 9.04. The Morgan fingerprint density at radius 1 is 0.769 bits per heavy atom. The minimum atomic E-state index is -0.219. The number of carbonyl (C=O) groups is 2. The molecule has 4 aromatic carbocycles. The number of nitrogens with one attached hydrogen (secondary N) is 1. The molecule has 0 aliphatic rings. The number of carbonyl (C=O) groups excluding carboxylic acids is 2. The largest absolute Gasteiger partial charge is 0.427 e. The highest BCUT2D eigenvalue weighted by Crippen LogP contribution is 2.31. The number of esters is 1. The predicted molar refractivity (Wildman–Crippen MR) is 159 cm³/mol. The molecule has 0 unspecified atom stereocenters. The van der Waals surface area contributed by atoms with Gasteiger partial charge in [-0.25, -0.2) is 4.79 Å². The molecule has 0 aromatic heterocycles. The second kappa shape index (κ2) is 14.8. The molecule has 0 heterocycles. The molecule has 4 aromatic rings. The first-order chi connectivity index (χ1) is 19.1. The monoisotopic (exact) mass is 538 g/mol. The van der Waals surface area contributed by atoms with E-state index in [0.717, 1.165) is 34.7 Å². The summed E-state index contributed by atoms with van der Waals surface area (Å²) in [5, 5.41) is 3.10. The number of benzene rings is 4. The van der Waals surface area contributed by atoms with E-state index in [-0.39, 0.29) is 12.0 Å². The number of rotatable bonds is 12. The summed E-state index contributed by atoms with van der Waals surface area (Å²) < 4.78 is 5.36. The zero-order valence-electron chi connectivity index (χ0n) is 22.2. The van der Waals surface area contributed by atoms with Gasteiger partial charge in [0, 0.05) is 35.0 Å². The topological polar surface area (TPSA) is 58.6 Å². The molecule has 0 aliphatic heterocycles. The molecule has 5 nitrogen and oxygen atoms in total. The van der Waals surface area contributed by atoms with Gasteiger partial charge in [0.05, 0.1) is 0 Å². The molecule has 0 spiro atoms. The second-order valence-corrected chi connectivity index (χ2v) is 10.3. The van der Waals surface area contributed by atoms with Crippen LogP contribution in [0.25, 0.3) is 0 Å². The van der Waals surface area contributed by atoms with E-state index in [1.807, 2.05) is 96.8 Å². The van der Waals surface area contributed by atoms with E-state index in [2.05, 4.69) is 29.6 Å². The van der Waals surface area contributed by atoms with Crippen LogP contribution in [-0.4, -0.2) is 25.1 Å². The Hall–Kier alpha value is -4.03. The Bertz CT molecular complexity index is 1330. The zero-order chi connectivity index (χ0) is 27.3. The highest BCUT2D eigenvalue weighted by atomic mass is 32.2. The van der Waals surface area contributed by atoms with Crippen molar-refractivity contribution < 1.29 is 14.3 Å². The third-order valence-electron chi connectivity index (χ3n) is 6.12. The van der Waals surface area contributed by atoms with Crippen LogP contribution >= 0.6 is 11.8 Å². The normalized spacial score (nSPS) is 10.6. The molecule has 2 amide bonds. The first kappa shape index (κ1) is 28.0. The van der Waals surface area contributed by atoms with Gasteiger partial charge in [0.15, 0.2) is 0 Å². The van der Waals surface area contributed by atoms with Crippen LogP contribution in [0.4, 0.5) is 10.5 Å². The molecule has 0 saturated heterocycles. The van der Waals surface area contributed by atoms with Gasteiger partial charge in [0.25, 0.3) is 0 Å². The molecule has 0 fully saturated rings. The van der Waals surface area contributed by atoms with E-state index in [1.54, 1.807) is 11.8 Å². The van der Waals surface area contributed by atoms with Crippen LogP contribution in [-0.2, 0) is 17.6 Å². The first-order valence-electron chi connectivity index (χ1n) is 13.3. The van der Waals surface area contributed by atoms with Gasteiger partial charge in [-0.3, -0.25) is 9.69 Å². The van der Waals surface area contributed by atoms with Crippen LogP contribution in [0, 0.1) is 0 Å². The number of hydrogen-bond acceptors (Lipinski definition) is 4. The second-order valence-electron chi connectivity index (χ2n) is 9.15. The Balaban J connectivity index is 1.44.